The summed E-state index contributed by atoms with van der Waals surface area (Å²) in [7, 11) is 1.59. The first-order chi connectivity index (χ1) is 11.7. The minimum Gasteiger partial charge on any atom is -0.496 e. The van der Waals surface area contributed by atoms with Crippen LogP contribution in [0, 0.1) is 6.92 Å². The number of nitrogens with one attached hydrogen (secondary N) is 1. The fraction of sp³-hybridized carbons (Fsp3) is 0.188. The molecule has 5 nitrogen and oxygen atoms in total. The number of amides is 1. The summed E-state index contributed by atoms with van der Waals surface area (Å²) < 4.78 is 6.08. The molecule has 0 aliphatic rings. The van der Waals surface area contributed by atoms with E-state index in [0.29, 0.717) is 16.4 Å². The smallest absolute Gasteiger partial charge is 0.257 e. The highest BCUT2D eigenvalue weighted by molar-refractivity contribution is 8.00. The first-order valence-electron chi connectivity index (χ1n) is 7.10. The summed E-state index contributed by atoms with van der Waals surface area (Å²) in [5, 5.41) is 13.5. The van der Waals surface area contributed by atoms with Crippen molar-refractivity contribution in [3.63, 3.8) is 0 Å². The van der Waals surface area contributed by atoms with Gasteiger partial charge in [0.05, 0.1) is 7.11 Å². The first kappa shape index (κ1) is 16.9. The molecule has 1 N–H and O–H groups in total. The molecule has 3 rings (SSSR count). The number of methoxy groups -OCH3 is 1. The number of nitrogens with zero attached hydrogens (tertiary/aromatic N) is 2. The predicted octanol–water partition coefficient (Wildman–Crippen LogP) is 4.46. The number of carbonyl (C=O) groups excluding carboxylic acids is 1. The number of carbonyl (C=O) groups is 1. The zero-order valence-corrected chi connectivity index (χ0v) is 15.6. The number of ether oxygens (including phenoxy) is 1. The Morgan fingerprint density at radius 1 is 1.33 bits per heavy atom. The lowest BCUT2D eigenvalue weighted by molar-refractivity contribution is 0.102. The molecule has 8 heteroatoms. The topological polar surface area (TPSA) is 64.1 Å². The Hall–Kier alpha value is -1.90. The Labute approximate surface area is 152 Å². The monoisotopic (exact) mass is 377 g/mol. The van der Waals surface area contributed by atoms with Gasteiger partial charge in [-0.1, -0.05) is 35.2 Å². The van der Waals surface area contributed by atoms with Gasteiger partial charge in [-0.2, -0.15) is 0 Å². The fourth-order valence-electron chi connectivity index (χ4n) is 1.98. The van der Waals surface area contributed by atoms with E-state index in [1.165, 1.54) is 16.2 Å². The summed E-state index contributed by atoms with van der Waals surface area (Å²) in [6.07, 6.45) is 0. The van der Waals surface area contributed by atoms with Crippen LogP contribution in [-0.4, -0.2) is 23.2 Å². The second-order valence-electron chi connectivity index (χ2n) is 4.88. The van der Waals surface area contributed by atoms with Gasteiger partial charge in [-0.05, 0) is 36.1 Å². The van der Waals surface area contributed by atoms with Crippen molar-refractivity contribution in [3.8, 4) is 5.75 Å². The van der Waals surface area contributed by atoms with E-state index in [4.69, 9.17) is 4.74 Å². The van der Waals surface area contributed by atoms with Gasteiger partial charge in [0.15, 0.2) is 4.34 Å². The Kier molecular flexibility index (Phi) is 5.49. The van der Waals surface area contributed by atoms with Crippen molar-refractivity contribution in [2.45, 2.75) is 17.0 Å². The average Bonchev–Trinajstić information content (AvgIpc) is 3.25. The molecule has 124 valence electrons. The maximum Gasteiger partial charge on any atom is 0.257 e. The van der Waals surface area contributed by atoms with Crippen molar-refractivity contribution in [2.75, 3.05) is 12.4 Å². The highest BCUT2D eigenvalue weighted by Gasteiger charge is 2.12. The molecule has 2 heterocycles. The van der Waals surface area contributed by atoms with Gasteiger partial charge in [0.2, 0.25) is 5.13 Å². The molecule has 24 heavy (non-hydrogen) atoms. The molecule has 0 aliphatic heterocycles. The Morgan fingerprint density at radius 3 is 2.96 bits per heavy atom. The van der Waals surface area contributed by atoms with Crippen molar-refractivity contribution in [3.05, 3.63) is 51.7 Å². The molecule has 0 bridgehead atoms. The van der Waals surface area contributed by atoms with Crippen molar-refractivity contribution < 1.29 is 9.53 Å². The summed E-state index contributed by atoms with van der Waals surface area (Å²) in [5.41, 5.74) is 1.51. The molecular weight excluding hydrogens is 362 g/mol. The van der Waals surface area contributed by atoms with E-state index in [9.17, 15) is 4.79 Å². The number of aromatic nitrogens is 2. The highest BCUT2D eigenvalue weighted by atomic mass is 32.2. The van der Waals surface area contributed by atoms with E-state index < -0.39 is 0 Å². The molecule has 0 unspecified atom stereocenters. The van der Waals surface area contributed by atoms with E-state index in [1.807, 2.05) is 19.1 Å². The van der Waals surface area contributed by atoms with E-state index in [1.54, 1.807) is 42.3 Å². The molecule has 3 aromatic rings. The van der Waals surface area contributed by atoms with Crippen LogP contribution in [0.5, 0.6) is 5.75 Å². The van der Waals surface area contributed by atoms with Crippen molar-refractivity contribution in [1.29, 1.82) is 0 Å². The second kappa shape index (κ2) is 7.78. The number of hydrogen-bond donors (Lipinski definition) is 1. The van der Waals surface area contributed by atoms with Crippen LogP contribution in [0.1, 0.15) is 20.8 Å². The van der Waals surface area contributed by atoms with Gasteiger partial charge in [0.25, 0.3) is 5.91 Å². The lowest BCUT2D eigenvalue weighted by atomic mass is 10.1. The van der Waals surface area contributed by atoms with Crippen molar-refractivity contribution in [2.24, 2.45) is 0 Å². The molecule has 0 atom stereocenters. The molecule has 0 radical (unpaired) electrons. The van der Waals surface area contributed by atoms with Crippen LogP contribution in [-0.2, 0) is 5.75 Å². The third-order valence-corrected chi connectivity index (χ3v) is 6.30. The van der Waals surface area contributed by atoms with Gasteiger partial charge in [-0.3, -0.25) is 10.1 Å². The molecule has 1 amide bonds. The molecule has 2 aromatic heterocycles. The maximum atomic E-state index is 12.3. The predicted molar refractivity (Wildman–Crippen MR) is 99.5 cm³/mol. The van der Waals surface area contributed by atoms with Gasteiger partial charge in [-0.15, -0.1) is 21.5 Å². The van der Waals surface area contributed by atoms with E-state index in [0.717, 1.165) is 15.7 Å². The van der Waals surface area contributed by atoms with Gasteiger partial charge in [0.1, 0.15) is 5.75 Å². The Morgan fingerprint density at radius 2 is 2.21 bits per heavy atom. The van der Waals surface area contributed by atoms with Gasteiger partial charge in [0, 0.05) is 16.2 Å². The summed E-state index contributed by atoms with van der Waals surface area (Å²) >= 11 is 4.70. The summed E-state index contributed by atoms with van der Waals surface area (Å²) in [5.74, 6) is 1.32. The highest BCUT2D eigenvalue weighted by Crippen LogP contribution is 2.30. The van der Waals surface area contributed by atoms with Gasteiger partial charge < -0.3 is 4.74 Å². The van der Waals surface area contributed by atoms with Crippen LogP contribution in [0.3, 0.4) is 0 Å². The molecule has 1 aromatic carbocycles. The minimum atomic E-state index is -0.223. The zero-order valence-electron chi connectivity index (χ0n) is 13.1. The number of hydrogen-bond acceptors (Lipinski definition) is 7. The molecule has 0 spiro atoms. The van der Waals surface area contributed by atoms with Crippen LogP contribution in [0.15, 0.2) is 40.1 Å². The molecule has 0 saturated heterocycles. The van der Waals surface area contributed by atoms with Crippen molar-refractivity contribution in [1.82, 2.24) is 10.2 Å². The number of benzene rings is 1. The summed E-state index contributed by atoms with van der Waals surface area (Å²) in [6, 6.07) is 9.46. The largest absolute Gasteiger partial charge is 0.496 e. The number of anilines is 1. The van der Waals surface area contributed by atoms with E-state index in [-0.39, 0.29) is 5.91 Å². The molecule has 0 aliphatic carbocycles. The standard InChI is InChI=1S/C16H15N3O2S3/c1-10-5-6-11(8-13(10)21-2)14(20)17-15-18-19-16(24-15)23-9-12-4-3-7-22-12/h3-8H,9H2,1-2H3,(H,17,18,20). The summed E-state index contributed by atoms with van der Waals surface area (Å²) in [4.78, 5) is 13.6. The van der Waals surface area contributed by atoms with Gasteiger partial charge >= 0.3 is 0 Å². The van der Waals surface area contributed by atoms with E-state index >= 15 is 0 Å². The van der Waals surface area contributed by atoms with Crippen LogP contribution in [0.4, 0.5) is 5.13 Å². The third kappa shape index (κ3) is 4.14. The second-order valence-corrected chi connectivity index (χ2v) is 8.11. The van der Waals surface area contributed by atoms with Crippen LogP contribution < -0.4 is 10.1 Å². The fourth-order valence-corrected chi connectivity index (χ4v) is 4.50. The minimum absolute atomic E-state index is 0.223. The van der Waals surface area contributed by atoms with Crippen molar-refractivity contribution >= 4 is 45.5 Å². The quantitative estimate of drug-likeness (QED) is 0.507. The number of thiophene rings is 1. The summed E-state index contributed by atoms with van der Waals surface area (Å²) in [6.45, 7) is 1.93. The Balaban J connectivity index is 1.62. The first-order valence-corrected chi connectivity index (χ1v) is 9.78. The molecule has 0 fully saturated rings. The lowest BCUT2D eigenvalue weighted by Crippen LogP contribution is -2.12. The molecular formula is C16H15N3O2S3. The third-order valence-electron chi connectivity index (χ3n) is 3.22. The molecule has 0 saturated carbocycles. The number of aryl methyl sites for hydroxylation is 1. The average molecular weight is 378 g/mol. The Bertz CT molecular complexity index is 831. The number of rotatable bonds is 6. The van der Waals surface area contributed by atoms with Crippen LogP contribution >= 0.6 is 34.4 Å². The van der Waals surface area contributed by atoms with Crippen LogP contribution in [0.25, 0.3) is 0 Å². The lowest BCUT2D eigenvalue weighted by Gasteiger charge is -2.07. The normalized spacial score (nSPS) is 10.6. The SMILES string of the molecule is COc1cc(C(=O)Nc2nnc(SCc3cccs3)s2)ccc1C. The van der Waals surface area contributed by atoms with Gasteiger partial charge in [-0.25, -0.2) is 0 Å². The van der Waals surface area contributed by atoms with Crippen LogP contribution in [0.2, 0.25) is 0 Å². The number of thioether (sulfide) groups is 1. The van der Waals surface area contributed by atoms with E-state index in [2.05, 4.69) is 27.0 Å². The maximum absolute atomic E-state index is 12.3. The zero-order chi connectivity index (χ0) is 16.9.